The standard InChI is InChI=1S/C18H24N4O3/c1-11(2)16(17-19-12(3)21-25-17)20-18(23)22-9-8-14-13(10-22)6-5-7-15(14)24-4/h5-7,11,16H,8-10H2,1-4H3,(H,20,23)/t16-/m1/s1. The van der Waals surface area contributed by atoms with Crippen molar-refractivity contribution in [1.82, 2.24) is 20.4 Å². The van der Waals surface area contributed by atoms with Gasteiger partial charge in [0, 0.05) is 18.7 Å². The van der Waals surface area contributed by atoms with Crippen LogP contribution < -0.4 is 10.1 Å². The summed E-state index contributed by atoms with van der Waals surface area (Å²) in [5.41, 5.74) is 2.30. The lowest BCUT2D eigenvalue weighted by Crippen LogP contribution is -2.45. The number of nitrogens with zero attached hydrogens (tertiary/aromatic N) is 3. The Hall–Kier alpha value is -2.57. The zero-order chi connectivity index (χ0) is 18.0. The van der Waals surface area contributed by atoms with Gasteiger partial charge in [-0.05, 0) is 30.9 Å². The summed E-state index contributed by atoms with van der Waals surface area (Å²) in [5.74, 6) is 2.04. The van der Waals surface area contributed by atoms with Crippen LogP contribution in [0.1, 0.15) is 42.7 Å². The average molecular weight is 344 g/mol. The number of fused-ring (bicyclic) bond motifs is 1. The number of nitrogens with one attached hydrogen (secondary N) is 1. The first-order valence-electron chi connectivity index (χ1n) is 8.50. The fourth-order valence-corrected chi connectivity index (χ4v) is 3.12. The molecular formula is C18H24N4O3. The predicted octanol–water partition coefficient (Wildman–Crippen LogP) is 2.85. The SMILES string of the molecule is COc1cccc2c1CCN(C(=O)N[C@@H](c1nc(C)no1)C(C)C)C2. The Morgan fingerprint density at radius 3 is 2.84 bits per heavy atom. The average Bonchev–Trinajstić information content (AvgIpc) is 3.04. The van der Waals surface area contributed by atoms with Gasteiger partial charge in [0.25, 0.3) is 0 Å². The number of aryl methyl sites for hydroxylation is 1. The van der Waals surface area contributed by atoms with Crippen molar-refractivity contribution in [3.63, 3.8) is 0 Å². The van der Waals surface area contributed by atoms with Gasteiger partial charge in [0.05, 0.1) is 7.11 Å². The second kappa shape index (κ2) is 7.13. The second-order valence-corrected chi connectivity index (χ2v) is 6.62. The molecule has 1 aliphatic rings. The molecule has 1 aromatic heterocycles. The predicted molar refractivity (Wildman–Crippen MR) is 92.3 cm³/mol. The summed E-state index contributed by atoms with van der Waals surface area (Å²) >= 11 is 0. The molecule has 0 spiro atoms. The minimum Gasteiger partial charge on any atom is -0.496 e. The van der Waals surface area contributed by atoms with E-state index in [0.29, 0.717) is 24.8 Å². The largest absolute Gasteiger partial charge is 0.496 e. The molecule has 0 fully saturated rings. The smallest absolute Gasteiger partial charge is 0.318 e. The molecule has 0 saturated heterocycles. The molecule has 2 heterocycles. The first-order valence-corrected chi connectivity index (χ1v) is 8.50. The van der Waals surface area contributed by atoms with E-state index >= 15 is 0 Å². The number of amides is 2. The number of urea groups is 1. The van der Waals surface area contributed by atoms with Gasteiger partial charge in [-0.3, -0.25) is 0 Å². The Morgan fingerprint density at radius 2 is 2.20 bits per heavy atom. The molecule has 25 heavy (non-hydrogen) atoms. The monoisotopic (exact) mass is 344 g/mol. The Kier molecular flexibility index (Phi) is 4.92. The molecular weight excluding hydrogens is 320 g/mol. The molecule has 2 aromatic rings. The summed E-state index contributed by atoms with van der Waals surface area (Å²) in [5, 5.41) is 6.86. The topological polar surface area (TPSA) is 80.5 Å². The Bertz CT molecular complexity index is 757. The van der Waals surface area contributed by atoms with Crippen LogP contribution in [0.15, 0.2) is 22.7 Å². The highest BCUT2D eigenvalue weighted by Crippen LogP contribution is 2.28. The lowest BCUT2D eigenvalue weighted by Gasteiger charge is -2.31. The highest BCUT2D eigenvalue weighted by Gasteiger charge is 2.28. The maximum Gasteiger partial charge on any atom is 0.318 e. The Labute approximate surface area is 147 Å². The van der Waals surface area contributed by atoms with Gasteiger partial charge in [-0.15, -0.1) is 0 Å². The third kappa shape index (κ3) is 3.60. The van der Waals surface area contributed by atoms with E-state index in [1.165, 1.54) is 5.56 Å². The van der Waals surface area contributed by atoms with Crippen molar-refractivity contribution in [3.05, 3.63) is 41.0 Å². The Morgan fingerprint density at radius 1 is 1.40 bits per heavy atom. The number of carbonyl (C=O) groups excluding carboxylic acids is 1. The van der Waals surface area contributed by atoms with Gasteiger partial charge in [0.15, 0.2) is 5.82 Å². The number of methoxy groups -OCH3 is 1. The normalized spacial score (nSPS) is 15.0. The van der Waals surface area contributed by atoms with Crippen LogP contribution in [0.4, 0.5) is 4.79 Å². The summed E-state index contributed by atoms with van der Waals surface area (Å²) in [6, 6.07) is 5.53. The van der Waals surface area contributed by atoms with Crippen LogP contribution in [0.5, 0.6) is 5.75 Å². The molecule has 0 unspecified atom stereocenters. The molecule has 1 N–H and O–H groups in total. The van der Waals surface area contributed by atoms with Crippen LogP contribution in [-0.4, -0.2) is 34.7 Å². The summed E-state index contributed by atoms with van der Waals surface area (Å²) in [6.45, 7) is 7.00. The number of benzene rings is 1. The summed E-state index contributed by atoms with van der Waals surface area (Å²) < 4.78 is 10.7. The molecule has 1 atom stereocenters. The van der Waals surface area contributed by atoms with Crippen LogP contribution in [0, 0.1) is 12.8 Å². The van der Waals surface area contributed by atoms with E-state index in [0.717, 1.165) is 17.7 Å². The maximum absolute atomic E-state index is 12.8. The van der Waals surface area contributed by atoms with E-state index in [4.69, 9.17) is 9.26 Å². The van der Waals surface area contributed by atoms with Crippen molar-refractivity contribution < 1.29 is 14.1 Å². The fraction of sp³-hybridized carbons (Fsp3) is 0.500. The van der Waals surface area contributed by atoms with E-state index in [2.05, 4.69) is 15.5 Å². The van der Waals surface area contributed by atoms with E-state index in [-0.39, 0.29) is 18.0 Å². The quantitative estimate of drug-likeness (QED) is 0.922. The van der Waals surface area contributed by atoms with Crippen LogP contribution in [0.2, 0.25) is 0 Å². The zero-order valence-electron chi connectivity index (χ0n) is 15.1. The number of ether oxygens (including phenoxy) is 1. The summed E-state index contributed by atoms with van der Waals surface area (Å²) in [6.07, 6.45) is 0.777. The van der Waals surface area contributed by atoms with Crippen LogP contribution in [-0.2, 0) is 13.0 Å². The molecule has 1 aliphatic heterocycles. The van der Waals surface area contributed by atoms with E-state index in [9.17, 15) is 4.79 Å². The third-order valence-electron chi connectivity index (χ3n) is 4.49. The van der Waals surface area contributed by atoms with Crippen molar-refractivity contribution in [2.24, 2.45) is 5.92 Å². The summed E-state index contributed by atoms with van der Waals surface area (Å²) in [4.78, 5) is 18.8. The second-order valence-electron chi connectivity index (χ2n) is 6.62. The zero-order valence-corrected chi connectivity index (χ0v) is 15.1. The third-order valence-corrected chi connectivity index (χ3v) is 4.49. The molecule has 0 aliphatic carbocycles. The molecule has 3 rings (SSSR count). The molecule has 134 valence electrons. The molecule has 0 bridgehead atoms. The van der Waals surface area contributed by atoms with Gasteiger partial charge in [-0.1, -0.05) is 31.1 Å². The molecule has 1 aromatic carbocycles. The lowest BCUT2D eigenvalue weighted by atomic mass is 9.99. The first kappa shape index (κ1) is 17.3. The number of hydrogen-bond donors (Lipinski definition) is 1. The molecule has 7 heteroatoms. The van der Waals surface area contributed by atoms with E-state index < -0.39 is 0 Å². The molecule has 7 nitrogen and oxygen atoms in total. The van der Waals surface area contributed by atoms with Gasteiger partial charge >= 0.3 is 6.03 Å². The maximum atomic E-state index is 12.8. The molecule has 0 radical (unpaired) electrons. The number of aromatic nitrogens is 2. The number of carbonyl (C=O) groups is 1. The number of hydrogen-bond acceptors (Lipinski definition) is 5. The first-order chi connectivity index (χ1) is 12.0. The van der Waals surface area contributed by atoms with E-state index in [1.54, 1.807) is 18.9 Å². The van der Waals surface area contributed by atoms with Crippen molar-refractivity contribution in [2.75, 3.05) is 13.7 Å². The molecule has 2 amide bonds. The van der Waals surface area contributed by atoms with Crippen molar-refractivity contribution >= 4 is 6.03 Å². The minimum absolute atomic E-state index is 0.122. The van der Waals surface area contributed by atoms with Gasteiger partial charge in [-0.2, -0.15) is 4.98 Å². The van der Waals surface area contributed by atoms with Crippen LogP contribution in [0.25, 0.3) is 0 Å². The van der Waals surface area contributed by atoms with Gasteiger partial charge < -0.3 is 19.5 Å². The van der Waals surface area contributed by atoms with Crippen molar-refractivity contribution in [2.45, 2.75) is 39.8 Å². The fourth-order valence-electron chi connectivity index (χ4n) is 3.12. The highest BCUT2D eigenvalue weighted by atomic mass is 16.5. The number of rotatable bonds is 4. The lowest BCUT2D eigenvalue weighted by molar-refractivity contribution is 0.179. The summed E-state index contributed by atoms with van der Waals surface area (Å²) in [7, 11) is 1.67. The van der Waals surface area contributed by atoms with E-state index in [1.807, 2.05) is 32.0 Å². The van der Waals surface area contributed by atoms with Gasteiger partial charge in [0.2, 0.25) is 5.89 Å². The minimum atomic E-state index is -0.305. The van der Waals surface area contributed by atoms with Crippen molar-refractivity contribution in [3.8, 4) is 5.75 Å². The molecule has 0 saturated carbocycles. The Balaban J connectivity index is 1.73. The van der Waals surface area contributed by atoms with Crippen molar-refractivity contribution in [1.29, 1.82) is 0 Å². The van der Waals surface area contributed by atoms with Gasteiger partial charge in [-0.25, -0.2) is 4.79 Å². The van der Waals surface area contributed by atoms with Crippen LogP contribution in [0.3, 0.4) is 0 Å². The highest BCUT2D eigenvalue weighted by molar-refractivity contribution is 5.75. The van der Waals surface area contributed by atoms with Gasteiger partial charge in [0.1, 0.15) is 11.8 Å². The van der Waals surface area contributed by atoms with Crippen LogP contribution >= 0.6 is 0 Å².